The molecule has 0 spiro atoms. The van der Waals surface area contributed by atoms with E-state index in [0.717, 1.165) is 0 Å². The molecule has 2 aromatic rings. The maximum atomic E-state index is 13.4. The van der Waals surface area contributed by atoms with Crippen LogP contribution in [-0.4, -0.2) is 18.3 Å². The second kappa shape index (κ2) is 6.12. The molecule has 0 amide bonds. The molecule has 8 nitrogen and oxygen atoms in total. The quantitative estimate of drug-likeness (QED) is 0.543. The van der Waals surface area contributed by atoms with Crippen molar-refractivity contribution >= 4 is 21.2 Å². The van der Waals surface area contributed by atoms with Crippen LogP contribution in [0.1, 0.15) is 48.6 Å². The van der Waals surface area contributed by atoms with Crippen molar-refractivity contribution < 1.29 is 18.3 Å². The smallest absolute Gasteiger partial charge is 0.258 e. The monoisotopic (exact) mass is 388 g/mol. The summed E-state index contributed by atoms with van der Waals surface area (Å²) < 4.78 is 26.9. The van der Waals surface area contributed by atoms with Gasteiger partial charge in [-0.2, -0.15) is 0 Å². The lowest BCUT2D eigenvalue weighted by Gasteiger charge is -2.14. The van der Waals surface area contributed by atoms with E-state index >= 15 is 0 Å². The van der Waals surface area contributed by atoms with Crippen LogP contribution in [0.15, 0.2) is 46.2 Å². The van der Waals surface area contributed by atoms with Gasteiger partial charge in [-0.25, -0.2) is 8.42 Å². The van der Waals surface area contributed by atoms with E-state index in [9.17, 15) is 28.6 Å². The number of nitrogens with zero attached hydrogens (tertiary/aromatic N) is 2. The van der Waals surface area contributed by atoms with Crippen molar-refractivity contribution in [1.82, 2.24) is 0 Å². The first kappa shape index (κ1) is 17.6. The molecule has 0 saturated heterocycles. The molecule has 0 radical (unpaired) electrons. The van der Waals surface area contributed by atoms with Gasteiger partial charge in [-0.3, -0.25) is 20.2 Å². The summed E-state index contributed by atoms with van der Waals surface area (Å²) in [6.07, 6.45) is 2.77. The van der Waals surface area contributed by atoms with Gasteiger partial charge in [0.25, 0.3) is 11.4 Å². The van der Waals surface area contributed by atoms with Crippen molar-refractivity contribution in [2.45, 2.75) is 47.3 Å². The average Bonchev–Trinajstić information content (AvgIpc) is 3.53. The minimum Gasteiger partial charge on any atom is -0.258 e. The fourth-order valence-electron chi connectivity index (χ4n) is 3.54. The van der Waals surface area contributed by atoms with E-state index in [1.54, 1.807) is 0 Å². The van der Waals surface area contributed by atoms with Crippen molar-refractivity contribution in [3.8, 4) is 0 Å². The van der Waals surface area contributed by atoms with Crippen LogP contribution in [0.4, 0.5) is 11.4 Å². The number of benzene rings is 2. The first-order valence-electron chi connectivity index (χ1n) is 8.62. The zero-order valence-corrected chi connectivity index (χ0v) is 15.0. The maximum Gasteiger partial charge on any atom is 0.274 e. The second-order valence-electron chi connectivity index (χ2n) is 6.94. The molecule has 0 aromatic heterocycles. The molecule has 27 heavy (non-hydrogen) atoms. The number of hydrogen-bond donors (Lipinski definition) is 0. The van der Waals surface area contributed by atoms with Gasteiger partial charge in [-0.15, -0.1) is 0 Å². The third kappa shape index (κ3) is 2.97. The van der Waals surface area contributed by atoms with Gasteiger partial charge in [0.05, 0.1) is 30.8 Å². The lowest BCUT2D eigenvalue weighted by Crippen LogP contribution is -2.11. The van der Waals surface area contributed by atoms with Gasteiger partial charge < -0.3 is 0 Å². The van der Waals surface area contributed by atoms with Crippen LogP contribution >= 0.6 is 0 Å². The summed E-state index contributed by atoms with van der Waals surface area (Å²) in [5.74, 6) is -0.334. The van der Waals surface area contributed by atoms with Crippen molar-refractivity contribution in [1.29, 1.82) is 0 Å². The van der Waals surface area contributed by atoms with Gasteiger partial charge in [0.1, 0.15) is 0 Å². The molecule has 2 fully saturated rings. The van der Waals surface area contributed by atoms with Gasteiger partial charge in [-0.05, 0) is 49.7 Å². The summed E-state index contributed by atoms with van der Waals surface area (Å²) in [6, 6.07) is 8.05. The van der Waals surface area contributed by atoms with Crippen LogP contribution in [0, 0.1) is 20.2 Å². The number of rotatable bonds is 6. The van der Waals surface area contributed by atoms with Gasteiger partial charge >= 0.3 is 0 Å². The normalized spacial score (nSPS) is 16.9. The largest absolute Gasteiger partial charge is 0.274 e. The van der Waals surface area contributed by atoms with E-state index in [1.807, 2.05) is 0 Å². The summed E-state index contributed by atoms with van der Waals surface area (Å²) in [7, 11) is -4.13. The lowest BCUT2D eigenvalue weighted by atomic mass is 10.1. The SMILES string of the molecule is O=[N+]([O-])c1cccc(S(=O)(=O)c2cccc([N+](=O)[O-])c2C2CC2)c1C1CC1. The predicted molar refractivity (Wildman–Crippen MR) is 95.6 cm³/mol. The topological polar surface area (TPSA) is 120 Å². The summed E-state index contributed by atoms with van der Waals surface area (Å²) in [4.78, 5) is 21.5. The Hall–Kier alpha value is -2.81. The molecule has 0 aliphatic heterocycles. The van der Waals surface area contributed by atoms with E-state index < -0.39 is 19.7 Å². The molecule has 2 aromatic carbocycles. The number of nitro groups is 2. The van der Waals surface area contributed by atoms with Crippen LogP contribution in [0.25, 0.3) is 0 Å². The molecule has 0 atom stereocenters. The third-order valence-electron chi connectivity index (χ3n) is 5.03. The Balaban J connectivity index is 1.97. The van der Waals surface area contributed by atoms with E-state index in [1.165, 1.54) is 36.4 Å². The Bertz CT molecular complexity index is 992. The minimum absolute atomic E-state index is 0.110. The molecule has 2 aliphatic rings. The van der Waals surface area contributed by atoms with Crippen molar-refractivity contribution in [2.24, 2.45) is 0 Å². The molecule has 2 aliphatic carbocycles. The van der Waals surface area contributed by atoms with E-state index in [0.29, 0.717) is 25.7 Å². The fourth-order valence-corrected chi connectivity index (χ4v) is 5.41. The molecule has 4 rings (SSSR count). The van der Waals surface area contributed by atoms with Crippen LogP contribution in [0.3, 0.4) is 0 Å². The zero-order chi connectivity index (χ0) is 19.3. The molecule has 9 heteroatoms. The highest BCUT2D eigenvalue weighted by Crippen LogP contribution is 2.51. The Labute approximate surface area is 155 Å². The third-order valence-corrected chi connectivity index (χ3v) is 6.90. The van der Waals surface area contributed by atoms with Gasteiger partial charge in [0.15, 0.2) is 0 Å². The Morgan fingerprint density at radius 1 is 0.741 bits per heavy atom. The van der Waals surface area contributed by atoms with Gasteiger partial charge in [0.2, 0.25) is 9.84 Å². The Morgan fingerprint density at radius 2 is 1.11 bits per heavy atom. The van der Waals surface area contributed by atoms with E-state index in [2.05, 4.69) is 0 Å². The van der Waals surface area contributed by atoms with Crippen molar-refractivity contribution in [2.75, 3.05) is 0 Å². The fraction of sp³-hybridized carbons (Fsp3) is 0.333. The van der Waals surface area contributed by atoms with Gasteiger partial charge in [0, 0.05) is 12.1 Å². The van der Waals surface area contributed by atoms with E-state index in [-0.39, 0.29) is 44.1 Å². The summed E-state index contributed by atoms with van der Waals surface area (Å²) in [6.45, 7) is 0. The molecule has 140 valence electrons. The zero-order valence-electron chi connectivity index (χ0n) is 14.2. The number of hydrogen-bond acceptors (Lipinski definition) is 6. The predicted octanol–water partition coefficient (Wildman–Crippen LogP) is 4.09. The highest BCUT2D eigenvalue weighted by Gasteiger charge is 2.41. The highest BCUT2D eigenvalue weighted by atomic mass is 32.2. The lowest BCUT2D eigenvalue weighted by molar-refractivity contribution is -0.385. The highest BCUT2D eigenvalue weighted by molar-refractivity contribution is 7.91. The average molecular weight is 388 g/mol. The summed E-state index contributed by atoms with van der Waals surface area (Å²) in [5.41, 5.74) is 0.0143. The Morgan fingerprint density at radius 3 is 1.41 bits per heavy atom. The Kier molecular flexibility index (Phi) is 3.99. The molecule has 0 unspecified atom stereocenters. The summed E-state index contributed by atoms with van der Waals surface area (Å²) >= 11 is 0. The molecule has 0 heterocycles. The summed E-state index contributed by atoms with van der Waals surface area (Å²) in [5, 5.41) is 22.8. The molecule has 2 saturated carbocycles. The minimum atomic E-state index is -4.13. The maximum absolute atomic E-state index is 13.4. The van der Waals surface area contributed by atoms with E-state index in [4.69, 9.17) is 0 Å². The first-order valence-corrected chi connectivity index (χ1v) is 10.1. The molecular weight excluding hydrogens is 372 g/mol. The van der Waals surface area contributed by atoms with Crippen molar-refractivity contribution in [3.05, 3.63) is 67.8 Å². The van der Waals surface area contributed by atoms with Crippen LogP contribution in [-0.2, 0) is 9.84 Å². The molecule has 0 bridgehead atoms. The molecule has 0 N–H and O–H groups in total. The van der Waals surface area contributed by atoms with Crippen molar-refractivity contribution in [3.63, 3.8) is 0 Å². The van der Waals surface area contributed by atoms with Crippen LogP contribution in [0.2, 0.25) is 0 Å². The standard InChI is InChI=1S/C18H16N2O6S/c21-19(22)13-3-1-5-15(17(13)11-7-8-11)27(25,26)16-6-2-4-14(20(23)24)18(16)12-9-10-12/h1-6,11-12H,7-10H2. The first-order chi connectivity index (χ1) is 12.8. The van der Waals surface area contributed by atoms with Gasteiger partial charge in [-0.1, -0.05) is 12.1 Å². The second-order valence-corrected chi connectivity index (χ2v) is 8.83. The van der Waals surface area contributed by atoms with Crippen LogP contribution < -0.4 is 0 Å². The van der Waals surface area contributed by atoms with Crippen LogP contribution in [0.5, 0.6) is 0 Å². The number of nitro benzene ring substituents is 2. The number of sulfone groups is 1. The molecular formula is C18H16N2O6S.